The molecule has 0 radical (unpaired) electrons. The molecule has 1 unspecified atom stereocenters. The number of pyridine rings is 1. The molecule has 2 aromatic rings. The zero-order valence-electron chi connectivity index (χ0n) is 9.26. The van der Waals surface area contributed by atoms with Crippen LogP contribution in [0.25, 0.3) is 0 Å². The van der Waals surface area contributed by atoms with Gasteiger partial charge >= 0.3 is 0 Å². The van der Waals surface area contributed by atoms with Gasteiger partial charge in [0.25, 0.3) is 0 Å². The van der Waals surface area contributed by atoms with E-state index < -0.39 is 0 Å². The first-order chi connectivity index (χ1) is 8.13. The summed E-state index contributed by atoms with van der Waals surface area (Å²) in [4.78, 5) is 8.05. The van der Waals surface area contributed by atoms with Crippen LogP contribution in [0.4, 0.5) is 5.82 Å². The second-order valence-corrected chi connectivity index (χ2v) is 4.09. The molecular formula is C10H13ClN6. The van der Waals surface area contributed by atoms with E-state index in [1.165, 1.54) is 6.20 Å². The van der Waals surface area contributed by atoms with Crippen molar-refractivity contribution in [3.05, 3.63) is 41.1 Å². The van der Waals surface area contributed by atoms with E-state index in [0.717, 1.165) is 11.3 Å². The van der Waals surface area contributed by atoms with Crippen molar-refractivity contribution in [1.29, 1.82) is 0 Å². The molecule has 0 spiro atoms. The summed E-state index contributed by atoms with van der Waals surface area (Å²) >= 11 is 5.91. The van der Waals surface area contributed by atoms with Crippen LogP contribution in [0.2, 0.25) is 5.02 Å². The first-order valence-electron chi connectivity index (χ1n) is 4.96. The van der Waals surface area contributed by atoms with Crippen LogP contribution in [0.3, 0.4) is 0 Å². The van der Waals surface area contributed by atoms with Crippen LogP contribution in [0.15, 0.2) is 24.8 Å². The van der Waals surface area contributed by atoms with E-state index in [1.807, 2.05) is 11.6 Å². The average Bonchev–Trinajstić information content (AvgIpc) is 2.71. The molecule has 0 aliphatic rings. The minimum Gasteiger partial charge on any atom is -0.383 e. The zero-order chi connectivity index (χ0) is 12.4. The Morgan fingerprint density at radius 1 is 1.47 bits per heavy atom. The van der Waals surface area contributed by atoms with Gasteiger partial charge in [-0.1, -0.05) is 11.6 Å². The molecule has 0 fully saturated rings. The topological polar surface area (TPSA) is 94.8 Å². The zero-order valence-corrected chi connectivity index (χ0v) is 10.0. The first kappa shape index (κ1) is 11.8. The second-order valence-electron chi connectivity index (χ2n) is 3.66. The molecule has 2 aromatic heterocycles. The van der Waals surface area contributed by atoms with Gasteiger partial charge in [0.1, 0.15) is 5.82 Å². The summed E-state index contributed by atoms with van der Waals surface area (Å²) in [6.07, 6.45) is 4.90. The van der Waals surface area contributed by atoms with Gasteiger partial charge in [-0.05, 0) is 6.07 Å². The molecular weight excluding hydrogens is 240 g/mol. The largest absolute Gasteiger partial charge is 0.383 e. The molecule has 2 heterocycles. The number of hydrogen-bond acceptors (Lipinski definition) is 5. The molecule has 2 rings (SSSR count). The summed E-state index contributed by atoms with van der Waals surface area (Å²) in [5.41, 5.74) is 10.1. The third kappa shape index (κ3) is 2.23. The fraction of sp³-hybridized carbons (Fsp3) is 0.200. The van der Waals surface area contributed by atoms with Crippen LogP contribution in [0.5, 0.6) is 0 Å². The highest BCUT2D eigenvalue weighted by Crippen LogP contribution is 2.26. The van der Waals surface area contributed by atoms with Crippen LogP contribution in [0, 0.1) is 0 Å². The van der Waals surface area contributed by atoms with Gasteiger partial charge in [-0.25, -0.2) is 15.4 Å². The minimum absolute atomic E-state index is 0.298. The number of nitrogen functional groups attached to an aromatic ring is 1. The van der Waals surface area contributed by atoms with E-state index in [1.54, 1.807) is 18.6 Å². The van der Waals surface area contributed by atoms with Gasteiger partial charge in [0.2, 0.25) is 0 Å². The van der Waals surface area contributed by atoms with Crippen molar-refractivity contribution < 1.29 is 0 Å². The monoisotopic (exact) mass is 252 g/mol. The number of hydrazine groups is 1. The highest BCUT2D eigenvalue weighted by molar-refractivity contribution is 6.30. The molecule has 6 nitrogen and oxygen atoms in total. The SMILES string of the molecule is Cn1cncc1C(NN)c1cc(Cl)cnc1N. The molecule has 0 aromatic carbocycles. The maximum atomic E-state index is 5.91. The number of rotatable bonds is 3. The van der Waals surface area contributed by atoms with E-state index in [-0.39, 0.29) is 6.04 Å². The number of nitrogens with zero attached hydrogens (tertiary/aromatic N) is 3. The van der Waals surface area contributed by atoms with Crippen LogP contribution >= 0.6 is 11.6 Å². The highest BCUT2D eigenvalue weighted by Gasteiger charge is 2.19. The number of aryl methyl sites for hydroxylation is 1. The standard InChI is InChI=1S/C10H13ClN6/c1-17-5-14-4-8(17)9(16-13)7-2-6(11)3-15-10(7)12/h2-5,9,16H,13H2,1H3,(H2,12,15). The van der Waals surface area contributed by atoms with Gasteiger partial charge in [0.05, 0.1) is 29.3 Å². The van der Waals surface area contributed by atoms with E-state index in [2.05, 4.69) is 15.4 Å². The molecule has 0 aliphatic heterocycles. The van der Waals surface area contributed by atoms with Crippen molar-refractivity contribution in [2.24, 2.45) is 12.9 Å². The van der Waals surface area contributed by atoms with Crippen molar-refractivity contribution in [3.63, 3.8) is 0 Å². The lowest BCUT2D eigenvalue weighted by Crippen LogP contribution is -2.31. The fourth-order valence-electron chi connectivity index (χ4n) is 1.68. The molecule has 5 N–H and O–H groups in total. The molecule has 7 heteroatoms. The summed E-state index contributed by atoms with van der Waals surface area (Å²) in [7, 11) is 1.88. The molecule has 0 aliphatic carbocycles. The normalized spacial score (nSPS) is 12.6. The number of halogens is 1. The average molecular weight is 253 g/mol. The number of nitrogens with one attached hydrogen (secondary N) is 1. The lowest BCUT2D eigenvalue weighted by molar-refractivity contribution is 0.597. The smallest absolute Gasteiger partial charge is 0.128 e. The Bertz CT molecular complexity index is 523. The molecule has 90 valence electrons. The van der Waals surface area contributed by atoms with Crippen LogP contribution in [-0.4, -0.2) is 14.5 Å². The van der Waals surface area contributed by atoms with Crippen LogP contribution in [-0.2, 0) is 7.05 Å². The van der Waals surface area contributed by atoms with Gasteiger partial charge in [-0.15, -0.1) is 0 Å². The number of hydrogen-bond donors (Lipinski definition) is 3. The summed E-state index contributed by atoms with van der Waals surface area (Å²) < 4.78 is 1.85. The van der Waals surface area contributed by atoms with Gasteiger partial charge in [0, 0.05) is 18.8 Å². The Kier molecular flexibility index (Phi) is 3.28. The Hall–Kier alpha value is -1.63. The fourth-order valence-corrected chi connectivity index (χ4v) is 1.84. The molecule has 0 saturated carbocycles. The Morgan fingerprint density at radius 3 is 2.82 bits per heavy atom. The summed E-state index contributed by atoms with van der Waals surface area (Å²) in [6, 6.07) is 1.44. The van der Waals surface area contributed by atoms with E-state index in [0.29, 0.717) is 10.8 Å². The predicted octanol–water partition coefficient (Wildman–Crippen LogP) is 0.603. The Morgan fingerprint density at radius 2 is 2.24 bits per heavy atom. The predicted molar refractivity (Wildman–Crippen MR) is 66.0 cm³/mol. The molecule has 17 heavy (non-hydrogen) atoms. The minimum atomic E-state index is -0.298. The van der Waals surface area contributed by atoms with Crippen molar-refractivity contribution in [2.45, 2.75) is 6.04 Å². The Balaban J connectivity index is 2.49. The van der Waals surface area contributed by atoms with Crippen molar-refractivity contribution >= 4 is 17.4 Å². The van der Waals surface area contributed by atoms with Crippen LogP contribution < -0.4 is 17.0 Å². The van der Waals surface area contributed by atoms with E-state index >= 15 is 0 Å². The summed E-state index contributed by atoms with van der Waals surface area (Å²) in [5, 5.41) is 0.511. The summed E-state index contributed by atoms with van der Waals surface area (Å²) in [6.45, 7) is 0. The number of aromatic nitrogens is 3. The lowest BCUT2D eigenvalue weighted by atomic mass is 10.1. The molecule has 0 amide bonds. The molecule has 0 bridgehead atoms. The van der Waals surface area contributed by atoms with Gasteiger partial charge in [-0.3, -0.25) is 5.84 Å². The maximum absolute atomic E-state index is 5.91. The van der Waals surface area contributed by atoms with Gasteiger partial charge in [0.15, 0.2) is 0 Å². The van der Waals surface area contributed by atoms with Crippen molar-refractivity contribution in [3.8, 4) is 0 Å². The number of imidazole rings is 1. The Labute approximate surface area is 104 Å². The van der Waals surface area contributed by atoms with E-state index in [9.17, 15) is 0 Å². The van der Waals surface area contributed by atoms with Crippen molar-refractivity contribution in [1.82, 2.24) is 20.0 Å². The number of nitrogens with two attached hydrogens (primary N) is 2. The van der Waals surface area contributed by atoms with Crippen LogP contribution in [0.1, 0.15) is 17.3 Å². The number of anilines is 1. The first-order valence-corrected chi connectivity index (χ1v) is 5.34. The second kappa shape index (κ2) is 4.70. The quantitative estimate of drug-likeness (QED) is 0.549. The lowest BCUT2D eigenvalue weighted by Gasteiger charge is -2.18. The van der Waals surface area contributed by atoms with Gasteiger partial charge < -0.3 is 10.3 Å². The molecule has 0 saturated heterocycles. The van der Waals surface area contributed by atoms with E-state index in [4.69, 9.17) is 23.2 Å². The third-order valence-electron chi connectivity index (χ3n) is 2.54. The highest BCUT2D eigenvalue weighted by atomic mass is 35.5. The third-order valence-corrected chi connectivity index (χ3v) is 2.75. The van der Waals surface area contributed by atoms with Gasteiger partial charge in [-0.2, -0.15) is 0 Å². The molecule has 1 atom stereocenters. The maximum Gasteiger partial charge on any atom is 0.128 e. The van der Waals surface area contributed by atoms with Crippen molar-refractivity contribution in [2.75, 3.05) is 5.73 Å². The summed E-state index contributed by atoms with van der Waals surface area (Å²) in [5.74, 6) is 5.95.